The second kappa shape index (κ2) is 5.23. The molecule has 2 rings (SSSR count). The lowest BCUT2D eigenvalue weighted by atomic mass is 10.2. The molecule has 0 saturated carbocycles. The molecule has 1 aromatic rings. The molecule has 17 heavy (non-hydrogen) atoms. The van der Waals surface area contributed by atoms with Crippen molar-refractivity contribution in [2.45, 2.75) is 24.3 Å². The van der Waals surface area contributed by atoms with Crippen LogP contribution in [0.1, 0.15) is 24.3 Å². The van der Waals surface area contributed by atoms with Crippen molar-refractivity contribution in [3.8, 4) is 0 Å². The molecule has 6 heteroatoms. The quantitative estimate of drug-likeness (QED) is 0.785. The summed E-state index contributed by atoms with van der Waals surface area (Å²) in [6, 6.07) is 3.21. The van der Waals surface area contributed by atoms with E-state index in [9.17, 15) is 4.79 Å². The van der Waals surface area contributed by atoms with Gasteiger partial charge in [0.2, 0.25) is 0 Å². The van der Waals surface area contributed by atoms with Crippen LogP contribution in [0, 0.1) is 0 Å². The highest BCUT2D eigenvalue weighted by atomic mass is 35.5. The van der Waals surface area contributed by atoms with Crippen molar-refractivity contribution in [1.82, 2.24) is 15.1 Å². The highest BCUT2D eigenvalue weighted by Gasteiger charge is 2.27. The molecule has 2 atom stereocenters. The minimum atomic E-state index is -0.0619. The lowest BCUT2D eigenvalue weighted by Crippen LogP contribution is -2.44. The van der Waals surface area contributed by atoms with Crippen LogP contribution in [0.15, 0.2) is 12.1 Å². The molecule has 0 radical (unpaired) electrons. The number of amides is 1. The summed E-state index contributed by atoms with van der Waals surface area (Å²) >= 11 is 7.56. The lowest BCUT2D eigenvalue weighted by molar-refractivity contribution is 0.0746. The van der Waals surface area contributed by atoms with Gasteiger partial charge in [-0.1, -0.05) is 25.4 Å². The van der Waals surface area contributed by atoms with Crippen LogP contribution in [0.3, 0.4) is 0 Å². The van der Waals surface area contributed by atoms with Crippen molar-refractivity contribution in [1.29, 1.82) is 0 Å². The molecule has 2 heterocycles. The second-order valence-corrected chi connectivity index (χ2v) is 6.48. The summed E-state index contributed by atoms with van der Waals surface area (Å²) in [6.07, 6.45) is 0. The fraction of sp³-hybridized carbons (Fsp3) is 0.545. The zero-order valence-electron chi connectivity index (χ0n) is 9.76. The second-order valence-electron chi connectivity index (χ2n) is 4.21. The average Bonchev–Trinajstić information content (AvgIpc) is 2.28. The summed E-state index contributed by atoms with van der Waals surface area (Å²) in [5.74, 6) is -0.0619. The smallest absolute Gasteiger partial charge is 0.274 e. The number of halogens is 1. The van der Waals surface area contributed by atoms with E-state index >= 15 is 0 Å². The number of nitrogens with zero attached hydrogens (tertiary/aromatic N) is 3. The number of rotatable bonds is 1. The highest BCUT2D eigenvalue weighted by Crippen LogP contribution is 2.25. The van der Waals surface area contributed by atoms with Gasteiger partial charge in [0.15, 0.2) is 10.8 Å². The van der Waals surface area contributed by atoms with Crippen molar-refractivity contribution in [3.05, 3.63) is 23.0 Å². The Balaban J connectivity index is 2.11. The molecule has 4 nitrogen and oxygen atoms in total. The van der Waals surface area contributed by atoms with Crippen molar-refractivity contribution in [3.63, 3.8) is 0 Å². The van der Waals surface area contributed by atoms with Gasteiger partial charge in [0.05, 0.1) is 0 Å². The predicted octanol–water partition coefficient (Wildman–Crippen LogP) is 2.10. The first kappa shape index (κ1) is 12.6. The third-order valence-corrected chi connectivity index (χ3v) is 3.99. The Kier molecular flexibility index (Phi) is 3.89. The fourth-order valence-corrected chi connectivity index (χ4v) is 3.36. The Bertz CT molecular complexity index is 402. The van der Waals surface area contributed by atoms with E-state index in [1.807, 2.05) is 16.7 Å². The Hall–Kier alpha value is -0.810. The molecule has 1 aliphatic heterocycles. The van der Waals surface area contributed by atoms with Gasteiger partial charge in [-0.2, -0.15) is 11.8 Å². The van der Waals surface area contributed by atoms with Crippen LogP contribution < -0.4 is 0 Å². The largest absolute Gasteiger partial charge is 0.335 e. The van der Waals surface area contributed by atoms with Crippen LogP contribution in [0.2, 0.25) is 5.15 Å². The molecule has 1 saturated heterocycles. The van der Waals surface area contributed by atoms with E-state index in [0.717, 1.165) is 13.1 Å². The van der Waals surface area contributed by atoms with Gasteiger partial charge < -0.3 is 4.90 Å². The molecule has 0 spiro atoms. The van der Waals surface area contributed by atoms with Crippen LogP contribution in [0.25, 0.3) is 0 Å². The van der Waals surface area contributed by atoms with Crippen molar-refractivity contribution < 1.29 is 4.79 Å². The number of thioether (sulfide) groups is 1. The predicted molar refractivity (Wildman–Crippen MR) is 69.5 cm³/mol. The first-order valence-electron chi connectivity index (χ1n) is 5.50. The Morgan fingerprint density at radius 3 is 2.53 bits per heavy atom. The molecule has 1 aliphatic rings. The first-order chi connectivity index (χ1) is 8.06. The maximum absolute atomic E-state index is 12.2. The zero-order chi connectivity index (χ0) is 12.4. The van der Waals surface area contributed by atoms with E-state index < -0.39 is 0 Å². The van der Waals surface area contributed by atoms with E-state index in [4.69, 9.17) is 11.6 Å². The zero-order valence-corrected chi connectivity index (χ0v) is 11.3. The van der Waals surface area contributed by atoms with Crippen LogP contribution in [-0.4, -0.2) is 44.6 Å². The minimum absolute atomic E-state index is 0.0619. The molecule has 1 aromatic heterocycles. The average molecular weight is 272 g/mol. The van der Waals surface area contributed by atoms with Gasteiger partial charge in [-0.05, 0) is 12.1 Å². The molecular weight excluding hydrogens is 258 g/mol. The van der Waals surface area contributed by atoms with E-state index in [1.54, 1.807) is 12.1 Å². The standard InChI is InChI=1S/C11H14ClN3OS/c1-7-5-15(6-8(2)17-7)11(16)9-3-4-10(12)14-13-9/h3-4,7-8H,5-6H2,1-2H3. The van der Waals surface area contributed by atoms with Gasteiger partial charge in [-0.3, -0.25) is 4.79 Å². The van der Waals surface area contributed by atoms with E-state index in [1.165, 1.54) is 0 Å². The van der Waals surface area contributed by atoms with Gasteiger partial charge in [0.25, 0.3) is 5.91 Å². The number of carbonyl (C=O) groups excluding carboxylic acids is 1. The Labute approximate surface area is 110 Å². The number of aromatic nitrogens is 2. The number of carbonyl (C=O) groups is 1. The monoisotopic (exact) mass is 271 g/mol. The van der Waals surface area contributed by atoms with Crippen LogP contribution in [-0.2, 0) is 0 Å². The Morgan fingerprint density at radius 2 is 2.00 bits per heavy atom. The summed E-state index contributed by atoms with van der Waals surface area (Å²) < 4.78 is 0. The molecular formula is C11H14ClN3OS. The van der Waals surface area contributed by atoms with E-state index in [0.29, 0.717) is 21.3 Å². The lowest BCUT2D eigenvalue weighted by Gasteiger charge is -2.34. The van der Waals surface area contributed by atoms with Crippen LogP contribution in [0.5, 0.6) is 0 Å². The molecule has 1 fully saturated rings. The van der Waals surface area contributed by atoms with Gasteiger partial charge >= 0.3 is 0 Å². The third kappa shape index (κ3) is 3.10. The minimum Gasteiger partial charge on any atom is -0.335 e. The van der Waals surface area contributed by atoms with Crippen molar-refractivity contribution in [2.75, 3.05) is 13.1 Å². The third-order valence-electron chi connectivity index (χ3n) is 2.56. The molecule has 2 unspecified atom stereocenters. The molecule has 0 bridgehead atoms. The van der Waals surface area contributed by atoms with Crippen LogP contribution >= 0.6 is 23.4 Å². The summed E-state index contributed by atoms with van der Waals surface area (Å²) in [5, 5.41) is 8.74. The normalized spacial score (nSPS) is 24.8. The van der Waals surface area contributed by atoms with Gasteiger partial charge in [0.1, 0.15) is 0 Å². The van der Waals surface area contributed by atoms with Crippen molar-refractivity contribution in [2.24, 2.45) is 0 Å². The van der Waals surface area contributed by atoms with Gasteiger partial charge in [-0.25, -0.2) is 0 Å². The first-order valence-corrected chi connectivity index (χ1v) is 6.82. The summed E-state index contributed by atoms with van der Waals surface area (Å²) in [4.78, 5) is 14.0. The Morgan fingerprint density at radius 1 is 1.35 bits per heavy atom. The molecule has 92 valence electrons. The molecule has 0 aliphatic carbocycles. The molecule has 0 N–H and O–H groups in total. The summed E-state index contributed by atoms with van der Waals surface area (Å²) in [5.41, 5.74) is 0.362. The SMILES string of the molecule is CC1CN(C(=O)c2ccc(Cl)nn2)CC(C)S1. The topological polar surface area (TPSA) is 46.1 Å². The molecule has 1 amide bonds. The maximum Gasteiger partial charge on any atom is 0.274 e. The van der Waals surface area contributed by atoms with Gasteiger partial charge in [-0.15, -0.1) is 10.2 Å². The van der Waals surface area contributed by atoms with Crippen molar-refractivity contribution >= 4 is 29.3 Å². The highest BCUT2D eigenvalue weighted by molar-refractivity contribution is 8.00. The van der Waals surface area contributed by atoms with E-state index in [2.05, 4.69) is 24.0 Å². The summed E-state index contributed by atoms with van der Waals surface area (Å²) in [7, 11) is 0. The molecule has 0 aromatic carbocycles. The summed E-state index contributed by atoms with van der Waals surface area (Å²) in [6.45, 7) is 5.79. The van der Waals surface area contributed by atoms with Gasteiger partial charge in [0, 0.05) is 23.6 Å². The van der Waals surface area contributed by atoms with E-state index in [-0.39, 0.29) is 5.91 Å². The fourth-order valence-electron chi connectivity index (χ4n) is 1.94. The maximum atomic E-state index is 12.2. The van der Waals surface area contributed by atoms with Crippen LogP contribution in [0.4, 0.5) is 0 Å². The number of hydrogen-bond acceptors (Lipinski definition) is 4. The number of hydrogen-bond donors (Lipinski definition) is 0.